The molecule has 3 aliphatic rings. The zero-order valence-corrected chi connectivity index (χ0v) is 20.2. The molecule has 3 nitrogen and oxygen atoms in total. The van der Waals surface area contributed by atoms with E-state index in [0.29, 0.717) is 16.7 Å². The van der Waals surface area contributed by atoms with Crippen molar-refractivity contribution in [3.8, 4) is 11.1 Å². The minimum Gasteiger partial charge on any atom is -0.448 e. The number of hydrogen-bond acceptors (Lipinski definition) is 2. The third-order valence-corrected chi connectivity index (χ3v) is 8.30. The van der Waals surface area contributed by atoms with Gasteiger partial charge in [0, 0.05) is 12.0 Å². The Balaban J connectivity index is 1.23. The number of rotatable bonds is 3. The number of fused-ring (bicyclic) bond motifs is 5. The predicted octanol–water partition coefficient (Wildman–Crippen LogP) is 7.95. The Morgan fingerprint density at radius 2 is 1.56 bits per heavy atom. The molecule has 2 bridgehead atoms. The fourth-order valence-corrected chi connectivity index (χ4v) is 6.36. The second-order valence-electron chi connectivity index (χ2n) is 9.36. The number of halogens is 2. The Hall–Kier alpha value is -2.75. The Labute approximate surface area is 209 Å². The topological polar surface area (TPSA) is 29.5 Å². The van der Waals surface area contributed by atoms with Crippen LogP contribution in [-0.4, -0.2) is 29.7 Å². The number of ether oxygens (including phenoxy) is 1. The van der Waals surface area contributed by atoms with Gasteiger partial charge in [-0.1, -0.05) is 89.9 Å². The van der Waals surface area contributed by atoms with Crippen LogP contribution < -0.4 is 0 Å². The van der Waals surface area contributed by atoms with E-state index >= 15 is 0 Å². The number of benzene rings is 3. The highest BCUT2D eigenvalue weighted by molar-refractivity contribution is 6.43. The van der Waals surface area contributed by atoms with Crippen molar-refractivity contribution in [3.05, 3.63) is 99.5 Å². The summed E-state index contributed by atoms with van der Waals surface area (Å²) in [4.78, 5) is 15.3. The summed E-state index contributed by atoms with van der Waals surface area (Å²) in [5.74, 6) is 0.0670. The van der Waals surface area contributed by atoms with Gasteiger partial charge in [-0.3, -0.25) is 4.90 Å². The van der Waals surface area contributed by atoms with Gasteiger partial charge in [-0.2, -0.15) is 0 Å². The molecule has 2 atom stereocenters. The molecule has 5 heteroatoms. The fraction of sp³-hybridized carbons (Fsp3) is 0.276. The highest BCUT2D eigenvalue weighted by atomic mass is 35.5. The average molecular weight is 490 g/mol. The van der Waals surface area contributed by atoms with Crippen LogP contribution in [0.2, 0.25) is 10.0 Å². The van der Waals surface area contributed by atoms with Crippen LogP contribution in [0.3, 0.4) is 0 Å². The first-order valence-electron chi connectivity index (χ1n) is 11.9. The van der Waals surface area contributed by atoms with E-state index in [4.69, 9.17) is 27.9 Å². The molecular weight excluding hydrogens is 465 g/mol. The summed E-state index contributed by atoms with van der Waals surface area (Å²) in [6.45, 7) is 0.347. The first-order chi connectivity index (χ1) is 16.6. The van der Waals surface area contributed by atoms with Crippen molar-refractivity contribution >= 4 is 34.9 Å². The summed E-state index contributed by atoms with van der Waals surface area (Å²) in [6.07, 6.45) is 5.74. The van der Waals surface area contributed by atoms with E-state index in [-0.39, 0.29) is 24.1 Å². The number of carbonyl (C=O) groups is 1. The zero-order chi connectivity index (χ0) is 23.2. The van der Waals surface area contributed by atoms with Crippen LogP contribution in [0.5, 0.6) is 0 Å². The SMILES string of the molecule is O=C(OCC1c2ccccc2-c2ccccc21)N1C2C=C(c3cccc(Cl)c3Cl)CC1CCC2. The summed E-state index contributed by atoms with van der Waals surface area (Å²) in [7, 11) is 0. The Kier molecular flexibility index (Phi) is 5.63. The van der Waals surface area contributed by atoms with E-state index in [1.54, 1.807) is 6.07 Å². The quantitative estimate of drug-likeness (QED) is 0.373. The van der Waals surface area contributed by atoms with Crippen molar-refractivity contribution in [3.63, 3.8) is 0 Å². The molecule has 0 N–H and O–H groups in total. The van der Waals surface area contributed by atoms with Crippen molar-refractivity contribution < 1.29 is 9.53 Å². The maximum Gasteiger partial charge on any atom is 0.410 e. The third-order valence-electron chi connectivity index (χ3n) is 7.48. The maximum atomic E-state index is 13.4. The third kappa shape index (κ3) is 3.62. The summed E-state index contributed by atoms with van der Waals surface area (Å²) in [5.41, 5.74) is 7.07. The van der Waals surface area contributed by atoms with E-state index in [0.717, 1.165) is 31.2 Å². The van der Waals surface area contributed by atoms with Gasteiger partial charge in [0.2, 0.25) is 0 Å². The van der Waals surface area contributed by atoms with Gasteiger partial charge < -0.3 is 4.74 Å². The molecule has 0 aromatic heterocycles. The second-order valence-corrected chi connectivity index (χ2v) is 10.1. The lowest BCUT2D eigenvalue weighted by molar-refractivity contribution is 0.0539. The van der Waals surface area contributed by atoms with E-state index in [1.807, 2.05) is 17.0 Å². The molecular formula is C29H25Cl2NO2. The van der Waals surface area contributed by atoms with Crippen molar-refractivity contribution in [1.82, 2.24) is 4.90 Å². The van der Waals surface area contributed by atoms with Gasteiger partial charge >= 0.3 is 6.09 Å². The minimum absolute atomic E-state index is 0.0215. The van der Waals surface area contributed by atoms with E-state index in [1.165, 1.54) is 27.8 Å². The van der Waals surface area contributed by atoms with Gasteiger partial charge in [0.1, 0.15) is 6.61 Å². The summed E-state index contributed by atoms with van der Waals surface area (Å²) < 4.78 is 6.01. The molecule has 6 rings (SSSR count). The summed E-state index contributed by atoms with van der Waals surface area (Å²) in [6, 6.07) is 22.7. The molecule has 3 aromatic carbocycles. The van der Waals surface area contributed by atoms with Gasteiger partial charge in [0.05, 0.1) is 16.1 Å². The zero-order valence-electron chi connectivity index (χ0n) is 18.7. The van der Waals surface area contributed by atoms with Crippen molar-refractivity contribution in [1.29, 1.82) is 0 Å². The molecule has 3 aromatic rings. The smallest absolute Gasteiger partial charge is 0.410 e. The average Bonchev–Trinajstić information content (AvgIpc) is 3.17. The number of carbonyl (C=O) groups excluding carboxylic acids is 1. The van der Waals surface area contributed by atoms with E-state index in [9.17, 15) is 4.79 Å². The molecule has 1 saturated heterocycles. The van der Waals surface area contributed by atoms with Gasteiger partial charge in [-0.25, -0.2) is 4.79 Å². The number of piperidine rings is 1. The standard InChI is InChI=1S/C29H25Cl2NO2/c30-27-14-6-13-21(28(27)31)18-15-19-7-5-8-20(16-18)32(19)29(33)34-17-26-24-11-3-1-9-22(24)23-10-2-4-12-25(23)26/h1-4,6,9-15,19-20,26H,5,7-8,16-17H2. The van der Waals surface area contributed by atoms with Crippen LogP contribution in [-0.2, 0) is 4.74 Å². The highest BCUT2D eigenvalue weighted by Gasteiger charge is 2.39. The molecule has 1 fully saturated rings. The monoisotopic (exact) mass is 489 g/mol. The molecule has 2 aliphatic heterocycles. The number of hydrogen-bond donors (Lipinski definition) is 0. The molecule has 1 amide bonds. The Morgan fingerprint density at radius 3 is 2.26 bits per heavy atom. The molecule has 1 aliphatic carbocycles. The fourth-order valence-electron chi connectivity index (χ4n) is 5.93. The maximum absolute atomic E-state index is 13.4. The minimum atomic E-state index is -0.218. The van der Waals surface area contributed by atoms with Gasteiger partial charge in [0.15, 0.2) is 0 Å². The van der Waals surface area contributed by atoms with Crippen molar-refractivity contribution in [2.75, 3.05) is 6.61 Å². The molecule has 0 spiro atoms. The summed E-state index contributed by atoms with van der Waals surface area (Å²) >= 11 is 12.8. The predicted molar refractivity (Wildman–Crippen MR) is 137 cm³/mol. The van der Waals surface area contributed by atoms with Crippen molar-refractivity contribution in [2.24, 2.45) is 0 Å². The normalized spacial score (nSPS) is 21.0. The molecule has 2 heterocycles. The van der Waals surface area contributed by atoms with Crippen molar-refractivity contribution in [2.45, 2.75) is 43.7 Å². The molecule has 2 unspecified atom stereocenters. The van der Waals surface area contributed by atoms with Crippen LogP contribution >= 0.6 is 23.2 Å². The molecule has 34 heavy (non-hydrogen) atoms. The molecule has 172 valence electrons. The van der Waals surface area contributed by atoms with Gasteiger partial charge in [-0.15, -0.1) is 0 Å². The Bertz CT molecular complexity index is 1260. The van der Waals surface area contributed by atoms with Gasteiger partial charge in [-0.05, 0) is 65.1 Å². The second kappa shape index (κ2) is 8.79. The lowest BCUT2D eigenvalue weighted by atomic mass is 9.83. The number of amides is 1. The van der Waals surface area contributed by atoms with Crippen LogP contribution in [0.15, 0.2) is 72.8 Å². The van der Waals surface area contributed by atoms with E-state index in [2.05, 4.69) is 54.6 Å². The highest BCUT2D eigenvalue weighted by Crippen LogP contribution is 2.45. The van der Waals surface area contributed by atoms with Crippen LogP contribution in [0, 0.1) is 0 Å². The molecule has 0 saturated carbocycles. The van der Waals surface area contributed by atoms with Gasteiger partial charge in [0.25, 0.3) is 0 Å². The van der Waals surface area contributed by atoms with Crippen LogP contribution in [0.4, 0.5) is 4.79 Å². The largest absolute Gasteiger partial charge is 0.448 e. The lowest BCUT2D eigenvalue weighted by Crippen LogP contribution is -2.51. The van der Waals surface area contributed by atoms with Crippen LogP contribution in [0.25, 0.3) is 16.7 Å². The summed E-state index contributed by atoms with van der Waals surface area (Å²) in [5, 5.41) is 1.15. The first-order valence-corrected chi connectivity index (χ1v) is 12.7. The van der Waals surface area contributed by atoms with Crippen LogP contribution in [0.1, 0.15) is 48.3 Å². The Morgan fingerprint density at radius 1 is 0.882 bits per heavy atom. The van der Waals surface area contributed by atoms with E-state index < -0.39 is 0 Å². The first kappa shape index (κ1) is 21.8. The molecule has 0 radical (unpaired) electrons. The number of nitrogens with zero attached hydrogens (tertiary/aromatic N) is 1. The lowest BCUT2D eigenvalue weighted by Gasteiger charge is -2.44.